The van der Waals surface area contributed by atoms with Gasteiger partial charge < -0.3 is 15.2 Å². The van der Waals surface area contributed by atoms with Crippen LogP contribution in [0.25, 0.3) is 5.65 Å². The molecule has 3 heterocycles. The summed E-state index contributed by atoms with van der Waals surface area (Å²) in [6.45, 7) is 3.66. The summed E-state index contributed by atoms with van der Waals surface area (Å²) in [5.74, 6) is 0.860. The van der Waals surface area contributed by atoms with Gasteiger partial charge in [0.25, 0.3) is 5.88 Å². The smallest absolute Gasteiger partial charge is 0.334 e. The molecular formula is C22H29N7O3. The van der Waals surface area contributed by atoms with Gasteiger partial charge in [-0.25, -0.2) is 14.2 Å². The molecule has 170 valence electrons. The number of fused-ring (bicyclic) bond motifs is 1. The maximum Gasteiger partial charge on any atom is 0.334 e. The molecule has 0 aliphatic heterocycles. The summed E-state index contributed by atoms with van der Waals surface area (Å²) in [5, 5.41) is 17.7. The van der Waals surface area contributed by atoms with E-state index in [1.165, 1.54) is 6.08 Å². The minimum atomic E-state index is -0.689. The molecule has 0 radical (unpaired) electrons. The average molecular weight is 440 g/mol. The third kappa shape index (κ3) is 3.39. The van der Waals surface area contributed by atoms with Crippen molar-refractivity contribution in [1.29, 1.82) is 0 Å². The molecule has 5 rings (SSSR count). The lowest BCUT2D eigenvalue weighted by molar-refractivity contribution is -0.0129. The molecule has 0 bridgehead atoms. The molecule has 0 spiro atoms. The normalized spacial score (nSPS) is 21.5. The number of nitrogens with one attached hydrogen (secondary N) is 1. The van der Waals surface area contributed by atoms with Gasteiger partial charge in [0.2, 0.25) is 0 Å². The first-order valence-corrected chi connectivity index (χ1v) is 10.9. The molecule has 0 amide bonds. The van der Waals surface area contributed by atoms with Crippen molar-refractivity contribution in [3.8, 4) is 5.88 Å². The maximum absolute atomic E-state index is 13.5. The highest BCUT2D eigenvalue weighted by molar-refractivity contribution is 5.75. The molecule has 0 saturated heterocycles. The highest BCUT2D eigenvalue weighted by Gasteiger charge is 2.37. The van der Waals surface area contributed by atoms with E-state index in [0.717, 1.165) is 37.1 Å². The molecule has 0 aromatic carbocycles. The number of aromatic nitrogens is 5. The topological polar surface area (TPSA) is 102 Å². The van der Waals surface area contributed by atoms with Gasteiger partial charge >= 0.3 is 5.69 Å². The number of nitrogens with zero attached hydrogens (tertiary/aromatic N) is 6. The Bertz CT molecular complexity index is 1220. The Balaban J connectivity index is 1.53. The molecular weight excluding hydrogens is 410 g/mol. The van der Waals surface area contributed by atoms with Crippen molar-refractivity contribution in [2.75, 3.05) is 19.5 Å². The fourth-order valence-electron chi connectivity index (χ4n) is 4.49. The minimum absolute atomic E-state index is 0.0437. The Morgan fingerprint density at radius 1 is 1.34 bits per heavy atom. The third-order valence-electron chi connectivity index (χ3n) is 6.65. The minimum Gasteiger partial charge on any atom is -0.478 e. The van der Waals surface area contributed by atoms with E-state index < -0.39 is 6.23 Å². The number of aryl methyl sites for hydroxylation is 1. The predicted octanol–water partition coefficient (Wildman–Crippen LogP) is 2.00. The van der Waals surface area contributed by atoms with E-state index >= 15 is 0 Å². The Kier molecular flexibility index (Phi) is 5.06. The number of likely N-dealkylation sites (N-methyl/N-ethyl adjacent to an activating group) is 1. The Morgan fingerprint density at radius 2 is 2.09 bits per heavy atom. The number of ether oxygens (including phenoxy) is 1. The molecule has 1 atom stereocenters. The molecule has 3 aromatic rings. The molecule has 2 aliphatic carbocycles. The quantitative estimate of drug-likeness (QED) is 0.409. The number of anilines is 2. The van der Waals surface area contributed by atoms with Crippen LogP contribution in [0.15, 0.2) is 36.0 Å². The lowest BCUT2D eigenvalue weighted by atomic mass is 9.85. The van der Waals surface area contributed by atoms with Crippen molar-refractivity contribution >= 4 is 17.0 Å². The van der Waals surface area contributed by atoms with Gasteiger partial charge in [0.1, 0.15) is 11.9 Å². The Hall–Kier alpha value is -3.11. The number of aliphatic hydroxyl groups is 1. The van der Waals surface area contributed by atoms with Crippen LogP contribution < -0.4 is 15.7 Å². The van der Waals surface area contributed by atoms with Crippen molar-refractivity contribution in [2.45, 2.75) is 49.9 Å². The molecule has 2 saturated carbocycles. The summed E-state index contributed by atoms with van der Waals surface area (Å²) < 4.78 is 10.6. The second-order valence-corrected chi connectivity index (χ2v) is 8.79. The summed E-state index contributed by atoms with van der Waals surface area (Å²) in [5.41, 5.74) is 2.94. The van der Waals surface area contributed by atoms with Gasteiger partial charge in [-0.15, -0.1) is 5.10 Å². The fourth-order valence-corrected chi connectivity index (χ4v) is 4.49. The third-order valence-corrected chi connectivity index (χ3v) is 6.65. The van der Waals surface area contributed by atoms with E-state index in [1.54, 1.807) is 20.8 Å². The van der Waals surface area contributed by atoms with E-state index in [4.69, 9.17) is 4.74 Å². The fraction of sp³-hybridized carbons (Fsp3) is 0.500. The molecule has 1 unspecified atom stereocenters. The first-order valence-electron chi connectivity index (χ1n) is 10.9. The zero-order valence-electron chi connectivity index (χ0n) is 18.6. The van der Waals surface area contributed by atoms with Gasteiger partial charge in [0, 0.05) is 37.4 Å². The molecule has 2 aliphatic rings. The predicted molar refractivity (Wildman–Crippen MR) is 120 cm³/mol. The van der Waals surface area contributed by atoms with Gasteiger partial charge in [0.15, 0.2) is 5.65 Å². The van der Waals surface area contributed by atoms with Crippen LogP contribution in [-0.2, 0) is 7.05 Å². The van der Waals surface area contributed by atoms with Gasteiger partial charge in [-0.2, -0.15) is 0 Å². The van der Waals surface area contributed by atoms with E-state index in [-0.39, 0.29) is 17.8 Å². The van der Waals surface area contributed by atoms with Crippen molar-refractivity contribution in [3.63, 3.8) is 0 Å². The monoisotopic (exact) mass is 439 g/mol. The van der Waals surface area contributed by atoms with Gasteiger partial charge in [0.05, 0.1) is 24.7 Å². The van der Waals surface area contributed by atoms with E-state index in [9.17, 15) is 9.90 Å². The molecule has 10 nitrogen and oxygen atoms in total. The van der Waals surface area contributed by atoms with E-state index in [2.05, 4.69) is 22.0 Å². The van der Waals surface area contributed by atoms with Crippen LogP contribution >= 0.6 is 0 Å². The van der Waals surface area contributed by atoms with Crippen LogP contribution in [0.2, 0.25) is 0 Å². The summed E-state index contributed by atoms with van der Waals surface area (Å²) in [7, 11) is 5.28. The summed E-state index contributed by atoms with van der Waals surface area (Å²) >= 11 is 0. The van der Waals surface area contributed by atoms with Crippen LogP contribution in [0.4, 0.5) is 11.4 Å². The van der Waals surface area contributed by atoms with Crippen LogP contribution in [0.3, 0.4) is 0 Å². The molecule has 2 fully saturated rings. The largest absolute Gasteiger partial charge is 0.478 e. The first-order chi connectivity index (χ1) is 15.4. The Morgan fingerprint density at radius 3 is 2.75 bits per heavy atom. The lowest BCUT2D eigenvalue weighted by Crippen LogP contribution is -2.49. The maximum atomic E-state index is 13.5. The van der Waals surface area contributed by atoms with Gasteiger partial charge in [-0.3, -0.25) is 14.1 Å². The zero-order chi connectivity index (χ0) is 22.6. The molecule has 2 N–H and O–H groups in total. The van der Waals surface area contributed by atoms with E-state index in [0.29, 0.717) is 23.1 Å². The summed E-state index contributed by atoms with van der Waals surface area (Å²) in [6, 6.07) is 0.235. The summed E-state index contributed by atoms with van der Waals surface area (Å²) in [6.07, 6.45) is 10.0. The van der Waals surface area contributed by atoms with Crippen LogP contribution in [0.5, 0.6) is 5.88 Å². The number of imidazole rings is 1. The number of hydrogen-bond acceptors (Lipinski definition) is 7. The standard InChI is InChI=1S/C22H29N7O3/c1-5-19(30)27(3)14-8-15(9-14)28-12-16(24-17-11-26(2)25-21(17)32-4)20-23-10-18(13-6-7-13)29(20)22(28)31/h5,10-15,19,24,30H,1,6-9H2,2-4H3. The number of rotatable bonds is 8. The second kappa shape index (κ2) is 7.79. The van der Waals surface area contributed by atoms with Crippen LogP contribution in [0, 0.1) is 0 Å². The highest BCUT2D eigenvalue weighted by Crippen LogP contribution is 2.41. The van der Waals surface area contributed by atoms with Crippen molar-refractivity contribution in [3.05, 3.63) is 47.4 Å². The van der Waals surface area contributed by atoms with Crippen molar-refractivity contribution in [1.82, 2.24) is 28.6 Å². The molecule has 32 heavy (non-hydrogen) atoms. The number of aliphatic hydroxyl groups excluding tert-OH is 1. The number of methoxy groups -OCH3 is 1. The summed E-state index contributed by atoms with van der Waals surface area (Å²) in [4.78, 5) is 20.0. The van der Waals surface area contributed by atoms with Crippen molar-refractivity contribution in [2.24, 2.45) is 7.05 Å². The molecule has 3 aromatic heterocycles. The van der Waals surface area contributed by atoms with Crippen LogP contribution in [0.1, 0.15) is 43.3 Å². The lowest BCUT2D eigenvalue weighted by Gasteiger charge is -2.43. The van der Waals surface area contributed by atoms with Crippen molar-refractivity contribution < 1.29 is 9.84 Å². The molecule has 10 heteroatoms. The SMILES string of the molecule is C=CC(O)N(C)C1CC(n2cc(Nc3cn(C)nc3OC)c3ncc(C4CC4)n3c2=O)C1. The first kappa shape index (κ1) is 20.8. The van der Waals surface area contributed by atoms with Crippen LogP contribution in [-0.4, -0.2) is 60.2 Å². The Labute approximate surface area is 185 Å². The van der Waals surface area contributed by atoms with E-state index in [1.807, 2.05) is 37.6 Å². The second-order valence-electron chi connectivity index (χ2n) is 8.79. The number of hydrogen-bond donors (Lipinski definition) is 2. The highest BCUT2D eigenvalue weighted by atomic mass is 16.5. The van der Waals surface area contributed by atoms with Gasteiger partial charge in [-0.05, 0) is 38.8 Å². The van der Waals surface area contributed by atoms with Gasteiger partial charge in [-0.1, -0.05) is 6.58 Å². The average Bonchev–Trinajstić information content (AvgIpc) is 3.39. The zero-order valence-corrected chi connectivity index (χ0v) is 18.6.